The van der Waals surface area contributed by atoms with Crippen LogP contribution in [-0.4, -0.2) is 11.2 Å². The monoisotopic (exact) mass is 570 g/mol. The van der Waals surface area contributed by atoms with Crippen molar-refractivity contribution in [1.29, 1.82) is 0 Å². The Hall–Kier alpha value is -5.28. The van der Waals surface area contributed by atoms with Crippen LogP contribution >= 0.6 is 0 Å². The minimum Gasteiger partial charge on any atom is -0.436 e. The predicted molar refractivity (Wildman–Crippen MR) is 185 cm³/mol. The molecule has 0 unspecified atom stereocenters. The number of fused-ring (bicyclic) bond motifs is 2. The van der Waals surface area contributed by atoms with Gasteiger partial charge in [0, 0.05) is 17.3 Å². The summed E-state index contributed by atoms with van der Waals surface area (Å²) in [5.74, 6) is 0.563. The standard InChI is InChI=1S/C41H34N2O/c1-27-19-21-28(22-20-27)30-13-10-14-31(23-30)36-24-33(41(2,3)4)25-38-39(36)43-40(44-38)35-17-7-8-18-37(35)42-26-32-15-9-12-29-11-5-6-16-34(29)32/h5-26H,1-4H3. The molecule has 3 heteroatoms. The molecule has 0 N–H and O–H groups in total. The average molecular weight is 571 g/mol. The van der Waals surface area contributed by atoms with Gasteiger partial charge in [0.15, 0.2) is 5.58 Å². The summed E-state index contributed by atoms with van der Waals surface area (Å²) >= 11 is 0. The molecule has 0 amide bonds. The lowest BCUT2D eigenvalue weighted by Gasteiger charge is -2.20. The summed E-state index contributed by atoms with van der Waals surface area (Å²) < 4.78 is 6.56. The van der Waals surface area contributed by atoms with E-state index < -0.39 is 0 Å². The van der Waals surface area contributed by atoms with E-state index in [2.05, 4.69) is 131 Å². The minimum atomic E-state index is -0.0644. The Balaban J connectivity index is 1.35. The van der Waals surface area contributed by atoms with Crippen molar-refractivity contribution in [3.63, 3.8) is 0 Å². The molecule has 214 valence electrons. The van der Waals surface area contributed by atoms with Crippen molar-refractivity contribution in [2.45, 2.75) is 33.1 Å². The van der Waals surface area contributed by atoms with Gasteiger partial charge < -0.3 is 4.42 Å². The van der Waals surface area contributed by atoms with Crippen LogP contribution in [0.5, 0.6) is 0 Å². The molecule has 7 aromatic rings. The van der Waals surface area contributed by atoms with E-state index in [9.17, 15) is 0 Å². The molecule has 0 fully saturated rings. The predicted octanol–water partition coefficient (Wildman–Crippen LogP) is 11.3. The van der Waals surface area contributed by atoms with E-state index in [4.69, 9.17) is 14.4 Å². The number of aromatic nitrogens is 1. The van der Waals surface area contributed by atoms with Crippen LogP contribution in [0.3, 0.4) is 0 Å². The SMILES string of the molecule is Cc1ccc(-c2cccc(-c3cc(C(C)(C)C)cc4oc(-c5ccccc5N=Cc5cccc6ccccc56)nc34)c2)cc1. The largest absolute Gasteiger partial charge is 0.436 e. The fourth-order valence-corrected chi connectivity index (χ4v) is 5.68. The van der Waals surface area contributed by atoms with Gasteiger partial charge in [-0.05, 0) is 75.7 Å². The van der Waals surface area contributed by atoms with Crippen LogP contribution in [0, 0.1) is 6.92 Å². The maximum absolute atomic E-state index is 6.56. The molecule has 3 nitrogen and oxygen atoms in total. The Morgan fingerprint density at radius 2 is 1.39 bits per heavy atom. The highest BCUT2D eigenvalue weighted by atomic mass is 16.3. The van der Waals surface area contributed by atoms with Crippen LogP contribution in [0.25, 0.3) is 55.6 Å². The van der Waals surface area contributed by atoms with Crippen LogP contribution in [0.4, 0.5) is 5.69 Å². The summed E-state index contributed by atoms with van der Waals surface area (Å²) in [4.78, 5) is 10.1. The van der Waals surface area contributed by atoms with Crippen LogP contribution in [0.15, 0.2) is 137 Å². The van der Waals surface area contributed by atoms with Gasteiger partial charge in [0.05, 0.1) is 11.3 Å². The van der Waals surface area contributed by atoms with Gasteiger partial charge in [-0.3, -0.25) is 4.99 Å². The fraction of sp³-hybridized carbons (Fsp3) is 0.122. The van der Waals surface area contributed by atoms with Gasteiger partial charge in [-0.1, -0.05) is 123 Å². The first-order valence-electron chi connectivity index (χ1n) is 15.1. The lowest BCUT2D eigenvalue weighted by Crippen LogP contribution is -2.11. The van der Waals surface area contributed by atoms with E-state index in [0.717, 1.165) is 39.0 Å². The van der Waals surface area contributed by atoms with Crippen molar-refractivity contribution in [3.05, 3.63) is 144 Å². The normalized spacial score (nSPS) is 12.0. The number of para-hydroxylation sites is 1. The Bertz CT molecular complexity index is 2160. The second-order valence-corrected chi connectivity index (χ2v) is 12.4. The van der Waals surface area contributed by atoms with E-state index in [1.165, 1.54) is 33.0 Å². The lowest BCUT2D eigenvalue weighted by atomic mass is 9.84. The molecule has 1 heterocycles. The number of oxazole rings is 1. The molecular weight excluding hydrogens is 536 g/mol. The maximum atomic E-state index is 6.56. The average Bonchev–Trinajstić information content (AvgIpc) is 3.48. The van der Waals surface area contributed by atoms with E-state index in [1.54, 1.807) is 0 Å². The first-order valence-corrected chi connectivity index (χ1v) is 15.1. The number of hydrogen-bond acceptors (Lipinski definition) is 3. The Morgan fingerprint density at radius 3 is 2.23 bits per heavy atom. The van der Waals surface area contributed by atoms with Crippen molar-refractivity contribution in [2.75, 3.05) is 0 Å². The number of rotatable bonds is 5. The third kappa shape index (κ3) is 5.33. The number of benzene rings is 6. The second-order valence-electron chi connectivity index (χ2n) is 12.4. The van der Waals surface area contributed by atoms with Crippen LogP contribution in [0.1, 0.15) is 37.5 Å². The summed E-state index contributed by atoms with van der Waals surface area (Å²) in [6, 6.07) is 44.5. The second kappa shape index (κ2) is 11.1. The molecule has 6 aromatic carbocycles. The van der Waals surface area contributed by atoms with Crippen molar-refractivity contribution >= 4 is 33.8 Å². The maximum Gasteiger partial charge on any atom is 0.229 e. The summed E-state index contributed by atoms with van der Waals surface area (Å²) in [6.45, 7) is 8.81. The van der Waals surface area contributed by atoms with Crippen molar-refractivity contribution in [1.82, 2.24) is 4.98 Å². The van der Waals surface area contributed by atoms with E-state index in [-0.39, 0.29) is 5.41 Å². The van der Waals surface area contributed by atoms with Crippen LogP contribution < -0.4 is 0 Å². The van der Waals surface area contributed by atoms with Crippen LogP contribution in [0.2, 0.25) is 0 Å². The van der Waals surface area contributed by atoms with E-state index in [1.807, 2.05) is 30.5 Å². The Morgan fingerprint density at radius 1 is 0.659 bits per heavy atom. The molecule has 0 aliphatic heterocycles. The van der Waals surface area contributed by atoms with Gasteiger partial charge in [0.2, 0.25) is 5.89 Å². The topological polar surface area (TPSA) is 38.4 Å². The molecule has 1 aromatic heterocycles. The zero-order chi connectivity index (χ0) is 30.3. The third-order valence-corrected chi connectivity index (χ3v) is 8.22. The minimum absolute atomic E-state index is 0.0644. The van der Waals surface area contributed by atoms with Gasteiger partial charge >= 0.3 is 0 Å². The van der Waals surface area contributed by atoms with Crippen molar-refractivity contribution in [2.24, 2.45) is 4.99 Å². The highest BCUT2D eigenvalue weighted by Crippen LogP contribution is 2.39. The first kappa shape index (κ1) is 27.5. The zero-order valence-electron chi connectivity index (χ0n) is 25.5. The van der Waals surface area contributed by atoms with E-state index >= 15 is 0 Å². The Kier molecular flexibility index (Phi) is 6.94. The van der Waals surface area contributed by atoms with Gasteiger partial charge in [-0.15, -0.1) is 0 Å². The summed E-state index contributed by atoms with van der Waals surface area (Å²) in [7, 11) is 0. The molecule has 0 bridgehead atoms. The molecule has 0 saturated carbocycles. The van der Waals surface area contributed by atoms with Gasteiger partial charge in [-0.2, -0.15) is 0 Å². The smallest absolute Gasteiger partial charge is 0.229 e. The van der Waals surface area contributed by atoms with Crippen molar-refractivity contribution in [3.8, 4) is 33.7 Å². The van der Waals surface area contributed by atoms with Crippen molar-refractivity contribution < 1.29 is 4.42 Å². The summed E-state index contributed by atoms with van der Waals surface area (Å²) in [6.07, 6.45) is 1.93. The molecule has 0 saturated heterocycles. The van der Waals surface area contributed by atoms with E-state index in [0.29, 0.717) is 5.89 Å². The molecule has 0 aliphatic carbocycles. The number of nitrogens with zero attached hydrogens (tertiary/aromatic N) is 2. The highest BCUT2D eigenvalue weighted by molar-refractivity contribution is 6.01. The fourth-order valence-electron chi connectivity index (χ4n) is 5.68. The number of hydrogen-bond donors (Lipinski definition) is 0. The summed E-state index contributed by atoms with van der Waals surface area (Å²) in [5, 5.41) is 2.36. The highest BCUT2D eigenvalue weighted by Gasteiger charge is 2.21. The molecular formula is C41H34N2O. The molecule has 0 aliphatic rings. The summed E-state index contributed by atoms with van der Waals surface area (Å²) in [5.41, 5.74) is 11.3. The number of aliphatic imine (C=N–C) groups is 1. The van der Waals surface area contributed by atoms with Gasteiger partial charge in [0.25, 0.3) is 0 Å². The third-order valence-electron chi connectivity index (χ3n) is 8.22. The lowest BCUT2D eigenvalue weighted by molar-refractivity contribution is 0.584. The Labute approximate surface area is 258 Å². The first-order chi connectivity index (χ1) is 21.3. The molecule has 0 spiro atoms. The number of aryl methyl sites for hydroxylation is 1. The van der Waals surface area contributed by atoms with Gasteiger partial charge in [-0.25, -0.2) is 4.98 Å². The molecule has 44 heavy (non-hydrogen) atoms. The van der Waals surface area contributed by atoms with Gasteiger partial charge in [0.1, 0.15) is 5.52 Å². The zero-order valence-corrected chi connectivity index (χ0v) is 25.5. The molecule has 7 rings (SSSR count). The quantitative estimate of drug-likeness (QED) is 0.193. The van der Waals surface area contributed by atoms with Crippen LogP contribution in [-0.2, 0) is 5.41 Å². The molecule has 0 atom stereocenters. The molecule has 0 radical (unpaired) electrons.